The maximum atomic E-state index is 13.2. The van der Waals surface area contributed by atoms with Crippen molar-refractivity contribution in [3.8, 4) is 17.0 Å². The number of aryl methyl sites for hydroxylation is 3. The molecule has 0 radical (unpaired) electrons. The molecule has 0 atom stereocenters. The highest BCUT2D eigenvalue weighted by Crippen LogP contribution is 2.36. The molecule has 37 heavy (non-hydrogen) atoms. The summed E-state index contributed by atoms with van der Waals surface area (Å²) in [6.45, 7) is 3.75. The minimum absolute atomic E-state index is 0.211. The smallest absolute Gasteiger partial charge is 0.350 e. The molecule has 5 aromatic rings. The lowest BCUT2D eigenvalue weighted by molar-refractivity contribution is 0.0995. The molecule has 2 amide bonds. The highest BCUT2D eigenvalue weighted by Gasteiger charge is 2.22. The van der Waals surface area contributed by atoms with Crippen LogP contribution in [0.1, 0.15) is 39.2 Å². The van der Waals surface area contributed by atoms with Crippen LogP contribution in [0, 0.1) is 6.92 Å². The van der Waals surface area contributed by atoms with Gasteiger partial charge in [0.1, 0.15) is 22.9 Å². The number of hydrogen-bond donors (Lipinski definition) is 2. The van der Waals surface area contributed by atoms with Crippen molar-refractivity contribution in [2.45, 2.75) is 20.3 Å². The molecule has 3 aromatic heterocycles. The van der Waals surface area contributed by atoms with E-state index in [2.05, 4.69) is 15.4 Å². The highest BCUT2D eigenvalue weighted by molar-refractivity contribution is 6.12. The molecule has 0 saturated carbocycles. The molecule has 3 heterocycles. The Balaban J connectivity index is 1.54. The Kier molecular flexibility index (Phi) is 5.92. The third kappa shape index (κ3) is 4.18. The molecule has 10 nitrogen and oxygen atoms in total. The van der Waals surface area contributed by atoms with Crippen LogP contribution >= 0.6 is 0 Å². The van der Waals surface area contributed by atoms with Crippen LogP contribution in [0.4, 0.5) is 5.69 Å². The molecule has 0 bridgehead atoms. The number of nitrogens with zero attached hydrogens (tertiary/aromatic N) is 4. The first-order chi connectivity index (χ1) is 17.8. The van der Waals surface area contributed by atoms with E-state index in [0.717, 1.165) is 11.1 Å². The number of amides is 2. The fourth-order valence-electron chi connectivity index (χ4n) is 4.44. The average molecular weight is 497 g/mol. The van der Waals surface area contributed by atoms with E-state index >= 15 is 0 Å². The van der Waals surface area contributed by atoms with Crippen LogP contribution in [-0.4, -0.2) is 31.1 Å². The van der Waals surface area contributed by atoms with E-state index in [0.29, 0.717) is 40.3 Å². The van der Waals surface area contributed by atoms with Crippen molar-refractivity contribution in [1.82, 2.24) is 19.3 Å². The fourth-order valence-corrected chi connectivity index (χ4v) is 4.44. The van der Waals surface area contributed by atoms with Gasteiger partial charge < -0.3 is 15.5 Å². The monoisotopic (exact) mass is 496 g/mol. The SMILES string of the molecule is CCc1c(-c2ccc(-n3c(C)nn(C)c3=O)cc2)oc2ccnc(C(=O)Nc3cccc(C(N)=O)c3)c12. The summed E-state index contributed by atoms with van der Waals surface area (Å²) < 4.78 is 9.02. The van der Waals surface area contributed by atoms with Crippen molar-refractivity contribution in [3.63, 3.8) is 0 Å². The number of nitrogens with one attached hydrogen (secondary N) is 1. The third-order valence-electron chi connectivity index (χ3n) is 6.15. The molecule has 0 aliphatic heterocycles. The van der Waals surface area contributed by atoms with E-state index in [1.54, 1.807) is 38.2 Å². The van der Waals surface area contributed by atoms with Crippen LogP contribution < -0.4 is 16.7 Å². The summed E-state index contributed by atoms with van der Waals surface area (Å²) in [4.78, 5) is 41.5. The summed E-state index contributed by atoms with van der Waals surface area (Å²) >= 11 is 0. The maximum Gasteiger partial charge on any atom is 0.350 e. The number of aromatic nitrogens is 4. The van der Waals surface area contributed by atoms with Gasteiger partial charge in [-0.25, -0.2) is 14.0 Å². The Morgan fingerprint density at radius 1 is 1.11 bits per heavy atom. The summed E-state index contributed by atoms with van der Waals surface area (Å²) in [5.74, 6) is 0.188. The zero-order valence-corrected chi connectivity index (χ0v) is 20.5. The highest BCUT2D eigenvalue weighted by atomic mass is 16.3. The quantitative estimate of drug-likeness (QED) is 0.368. The summed E-state index contributed by atoms with van der Waals surface area (Å²) in [5, 5.41) is 7.58. The van der Waals surface area contributed by atoms with Crippen LogP contribution in [0.15, 0.2) is 70.0 Å². The molecule has 10 heteroatoms. The van der Waals surface area contributed by atoms with E-state index in [1.807, 2.05) is 31.2 Å². The summed E-state index contributed by atoms with van der Waals surface area (Å²) in [6, 6.07) is 15.5. The van der Waals surface area contributed by atoms with Crippen LogP contribution in [0.2, 0.25) is 0 Å². The van der Waals surface area contributed by atoms with E-state index < -0.39 is 11.8 Å². The molecule has 0 unspecified atom stereocenters. The molecular formula is C27H24N6O4. The predicted molar refractivity (Wildman–Crippen MR) is 139 cm³/mol. The Labute approximate surface area is 211 Å². The van der Waals surface area contributed by atoms with Gasteiger partial charge in [-0.2, -0.15) is 5.10 Å². The first kappa shape index (κ1) is 23.7. The lowest BCUT2D eigenvalue weighted by Crippen LogP contribution is -2.21. The van der Waals surface area contributed by atoms with Crippen LogP contribution in [0.3, 0.4) is 0 Å². The predicted octanol–water partition coefficient (Wildman–Crippen LogP) is 3.60. The second-order valence-electron chi connectivity index (χ2n) is 8.53. The third-order valence-corrected chi connectivity index (χ3v) is 6.15. The summed E-state index contributed by atoms with van der Waals surface area (Å²) in [5.41, 5.74) is 8.90. The molecule has 0 spiro atoms. The number of benzene rings is 2. The molecule has 0 saturated heterocycles. The summed E-state index contributed by atoms with van der Waals surface area (Å²) in [7, 11) is 1.61. The number of hydrogen-bond acceptors (Lipinski definition) is 6. The molecule has 0 fully saturated rings. The largest absolute Gasteiger partial charge is 0.456 e. The maximum absolute atomic E-state index is 13.2. The lowest BCUT2D eigenvalue weighted by atomic mass is 10.0. The first-order valence-electron chi connectivity index (χ1n) is 11.6. The molecule has 186 valence electrons. The van der Waals surface area contributed by atoms with E-state index in [4.69, 9.17) is 10.2 Å². The van der Waals surface area contributed by atoms with Crippen molar-refractivity contribution in [3.05, 3.63) is 93.9 Å². The van der Waals surface area contributed by atoms with Gasteiger partial charge in [-0.1, -0.05) is 13.0 Å². The van der Waals surface area contributed by atoms with Crippen molar-refractivity contribution in [2.24, 2.45) is 12.8 Å². The Morgan fingerprint density at radius 2 is 1.86 bits per heavy atom. The first-order valence-corrected chi connectivity index (χ1v) is 11.6. The molecule has 0 aliphatic rings. The average Bonchev–Trinajstić information content (AvgIpc) is 3.39. The van der Waals surface area contributed by atoms with Crippen molar-refractivity contribution >= 4 is 28.5 Å². The number of rotatable bonds is 6. The van der Waals surface area contributed by atoms with Crippen molar-refractivity contribution < 1.29 is 14.0 Å². The van der Waals surface area contributed by atoms with Gasteiger partial charge in [0.05, 0.1) is 11.1 Å². The van der Waals surface area contributed by atoms with Gasteiger partial charge in [0, 0.05) is 35.6 Å². The van der Waals surface area contributed by atoms with E-state index in [-0.39, 0.29) is 16.9 Å². The normalized spacial score (nSPS) is 11.1. The van der Waals surface area contributed by atoms with Crippen LogP contribution in [-0.2, 0) is 13.5 Å². The molecular weight excluding hydrogens is 472 g/mol. The van der Waals surface area contributed by atoms with Gasteiger partial charge >= 0.3 is 5.69 Å². The second kappa shape index (κ2) is 9.23. The van der Waals surface area contributed by atoms with E-state index in [9.17, 15) is 14.4 Å². The van der Waals surface area contributed by atoms with Gasteiger partial charge in [0.2, 0.25) is 5.91 Å². The molecule has 0 aliphatic carbocycles. The zero-order chi connectivity index (χ0) is 26.3. The number of fused-ring (bicyclic) bond motifs is 1. The van der Waals surface area contributed by atoms with Gasteiger partial charge in [-0.15, -0.1) is 0 Å². The van der Waals surface area contributed by atoms with Gasteiger partial charge in [0.25, 0.3) is 5.91 Å². The Morgan fingerprint density at radius 3 is 2.51 bits per heavy atom. The number of primary amides is 1. The van der Waals surface area contributed by atoms with Crippen molar-refractivity contribution in [1.29, 1.82) is 0 Å². The van der Waals surface area contributed by atoms with Crippen LogP contribution in [0.5, 0.6) is 0 Å². The molecule has 2 aromatic carbocycles. The Hall–Kier alpha value is -4.99. The minimum atomic E-state index is -0.585. The van der Waals surface area contributed by atoms with Gasteiger partial charge in [-0.3, -0.25) is 14.6 Å². The fraction of sp³-hybridized carbons (Fsp3) is 0.148. The Bertz CT molecular complexity index is 1730. The van der Waals surface area contributed by atoms with E-state index in [1.165, 1.54) is 21.5 Å². The number of furan rings is 1. The summed E-state index contributed by atoms with van der Waals surface area (Å²) in [6.07, 6.45) is 2.11. The topological polar surface area (TPSA) is 138 Å². The van der Waals surface area contributed by atoms with Crippen molar-refractivity contribution in [2.75, 3.05) is 5.32 Å². The molecule has 3 N–H and O–H groups in total. The second-order valence-corrected chi connectivity index (χ2v) is 8.53. The molecule has 5 rings (SSSR count). The van der Waals surface area contributed by atoms with Gasteiger partial charge in [0.15, 0.2) is 0 Å². The lowest BCUT2D eigenvalue weighted by Gasteiger charge is -2.08. The van der Waals surface area contributed by atoms with Crippen LogP contribution in [0.25, 0.3) is 28.0 Å². The minimum Gasteiger partial charge on any atom is -0.456 e. The number of anilines is 1. The number of carbonyl (C=O) groups excluding carboxylic acids is 2. The van der Waals surface area contributed by atoms with Gasteiger partial charge in [-0.05, 0) is 61.9 Å². The standard InChI is InChI=1S/C27H24N6O4/c1-4-20-22-21(12-13-29-23(22)26(35)30-18-7-5-6-17(14-18)25(28)34)37-24(20)16-8-10-19(11-9-16)33-15(2)31-32(3)27(33)36/h5-14H,4H2,1-3H3,(H2,28,34)(H,30,35). The number of nitrogens with two attached hydrogens (primary N) is 1. The zero-order valence-electron chi connectivity index (χ0n) is 20.5. The number of pyridine rings is 1. The number of carbonyl (C=O) groups is 2.